The lowest BCUT2D eigenvalue weighted by molar-refractivity contribution is 0.0737. The van der Waals surface area contributed by atoms with E-state index in [0.717, 1.165) is 43.0 Å². The number of piperazine rings is 1. The fourth-order valence-corrected chi connectivity index (χ4v) is 3.45. The topological polar surface area (TPSA) is 41.4 Å². The van der Waals surface area contributed by atoms with Crippen molar-refractivity contribution < 1.29 is 4.79 Å². The Bertz CT molecular complexity index is 881. The highest BCUT2D eigenvalue weighted by atomic mass is 16.2. The van der Waals surface area contributed by atoms with Crippen molar-refractivity contribution in [2.24, 2.45) is 7.05 Å². The monoisotopic (exact) mass is 346 g/mol. The van der Waals surface area contributed by atoms with Gasteiger partial charge in [-0.05, 0) is 35.9 Å². The second-order valence-electron chi connectivity index (χ2n) is 6.58. The number of carbonyl (C=O) groups is 1. The van der Waals surface area contributed by atoms with E-state index in [2.05, 4.69) is 34.1 Å². The molecule has 0 bridgehead atoms. The number of hydrogen-bond acceptors (Lipinski definition) is 3. The number of anilines is 1. The Morgan fingerprint density at radius 2 is 1.62 bits per heavy atom. The van der Waals surface area contributed by atoms with Crippen LogP contribution in [0.25, 0.3) is 11.1 Å². The van der Waals surface area contributed by atoms with Gasteiger partial charge in [-0.2, -0.15) is 0 Å². The maximum atomic E-state index is 13.0. The number of nitrogens with zero attached hydrogens (tertiary/aromatic N) is 4. The first-order valence-corrected chi connectivity index (χ1v) is 8.88. The van der Waals surface area contributed by atoms with Gasteiger partial charge in [-0.25, -0.2) is 0 Å². The number of aromatic nitrogens is 2. The second kappa shape index (κ2) is 7.04. The summed E-state index contributed by atoms with van der Waals surface area (Å²) in [7, 11) is 1.93. The van der Waals surface area contributed by atoms with E-state index in [1.807, 2.05) is 47.0 Å². The molecule has 0 aliphatic carbocycles. The summed E-state index contributed by atoms with van der Waals surface area (Å²) in [6, 6.07) is 16.3. The highest BCUT2D eigenvalue weighted by molar-refractivity contribution is 5.94. The Morgan fingerprint density at radius 3 is 2.31 bits per heavy atom. The number of amides is 1. The van der Waals surface area contributed by atoms with Crippen LogP contribution < -0.4 is 4.90 Å². The average molecular weight is 346 g/mol. The van der Waals surface area contributed by atoms with Crippen molar-refractivity contribution in [3.05, 3.63) is 72.8 Å². The van der Waals surface area contributed by atoms with Crippen molar-refractivity contribution in [3.63, 3.8) is 0 Å². The maximum absolute atomic E-state index is 13.0. The second-order valence-corrected chi connectivity index (χ2v) is 6.58. The zero-order valence-electron chi connectivity index (χ0n) is 14.9. The molecule has 1 fully saturated rings. The third-order valence-corrected chi connectivity index (χ3v) is 4.93. The Labute approximate surface area is 153 Å². The molecule has 1 aliphatic rings. The predicted molar refractivity (Wildman–Crippen MR) is 103 cm³/mol. The quantitative estimate of drug-likeness (QED) is 0.732. The number of pyridine rings is 1. The van der Waals surface area contributed by atoms with E-state index < -0.39 is 0 Å². The normalized spacial score (nSPS) is 14.5. The van der Waals surface area contributed by atoms with Gasteiger partial charge in [-0.15, -0.1) is 0 Å². The van der Waals surface area contributed by atoms with Gasteiger partial charge in [-0.1, -0.05) is 18.2 Å². The number of para-hydroxylation sites is 1. The van der Waals surface area contributed by atoms with Gasteiger partial charge in [0.1, 0.15) is 5.69 Å². The van der Waals surface area contributed by atoms with Crippen LogP contribution in [0.3, 0.4) is 0 Å². The van der Waals surface area contributed by atoms with Gasteiger partial charge in [0, 0.05) is 63.1 Å². The Morgan fingerprint density at radius 1 is 0.923 bits per heavy atom. The minimum absolute atomic E-state index is 0.0977. The van der Waals surface area contributed by atoms with Gasteiger partial charge < -0.3 is 14.4 Å². The van der Waals surface area contributed by atoms with Crippen LogP contribution in [-0.2, 0) is 7.05 Å². The summed E-state index contributed by atoms with van der Waals surface area (Å²) in [4.78, 5) is 21.3. The largest absolute Gasteiger partial charge is 0.368 e. The highest BCUT2D eigenvalue weighted by Crippen LogP contribution is 2.23. The van der Waals surface area contributed by atoms with Gasteiger partial charge >= 0.3 is 0 Å². The average Bonchev–Trinajstić information content (AvgIpc) is 3.10. The van der Waals surface area contributed by atoms with Crippen molar-refractivity contribution in [2.75, 3.05) is 31.1 Å². The summed E-state index contributed by atoms with van der Waals surface area (Å²) in [5, 5.41) is 0. The molecule has 26 heavy (non-hydrogen) atoms. The van der Waals surface area contributed by atoms with Crippen molar-refractivity contribution in [3.8, 4) is 11.1 Å². The molecule has 1 aromatic carbocycles. The molecule has 0 N–H and O–H groups in total. The lowest BCUT2D eigenvalue weighted by Gasteiger charge is -2.36. The van der Waals surface area contributed by atoms with E-state index in [1.165, 1.54) is 5.69 Å². The summed E-state index contributed by atoms with van der Waals surface area (Å²) in [5.74, 6) is 0.0977. The first-order chi connectivity index (χ1) is 12.7. The Kier molecular flexibility index (Phi) is 4.44. The van der Waals surface area contributed by atoms with Crippen molar-refractivity contribution in [2.45, 2.75) is 0 Å². The Hall–Kier alpha value is -3.08. The molecule has 1 saturated heterocycles. The highest BCUT2D eigenvalue weighted by Gasteiger charge is 2.24. The van der Waals surface area contributed by atoms with E-state index in [-0.39, 0.29) is 5.91 Å². The molecule has 5 nitrogen and oxygen atoms in total. The van der Waals surface area contributed by atoms with Gasteiger partial charge in [0.25, 0.3) is 5.91 Å². The summed E-state index contributed by atoms with van der Waals surface area (Å²) < 4.78 is 1.92. The standard InChI is InChI=1S/C21H22N4O/c1-23-16-18(17-7-9-22-10-8-17)15-20(23)21(26)25-13-11-24(12-14-25)19-5-3-2-4-6-19/h2-10,15-16H,11-14H2,1H3. The number of aryl methyl sites for hydroxylation is 1. The lowest BCUT2D eigenvalue weighted by atomic mass is 10.1. The molecule has 4 rings (SSSR count). The predicted octanol–water partition coefficient (Wildman–Crippen LogP) is 3.05. The first-order valence-electron chi connectivity index (χ1n) is 8.88. The van der Waals surface area contributed by atoms with Crippen LogP contribution >= 0.6 is 0 Å². The van der Waals surface area contributed by atoms with E-state index in [4.69, 9.17) is 0 Å². The summed E-state index contributed by atoms with van der Waals surface area (Å²) >= 11 is 0. The van der Waals surface area contributed by atoms with E-state index in [1.54, 1.807) is 12.4 Å². The molecule has 0 spiro atoms. The minimum atomic E-state index is 0.0977. The molecule has 1 aliphatic heterocycles. The summed E-state index contributed by atoms with van der Waals surface area (Å²) in [6.45, 7) is 3.20. The zero-order chi connectivity index (χ0) is 17.9. The molecule has 3 aromatic rings. The lowest BCUT2D eigenvalue weighted by Crippen LogP contribution is -2.49. The molecular weight excluding hydrogens is 324 g/mol. The SMILES string of the molecule is Cn1cc(-c2ccncc2)cc1C(=O)N1CCN(c2ccccc2)CC1. The maximum Gasteiger partial charge on any atom is 0.270 e. The smallest absolute Gasteiger partial charge is 0.270 e. The molecule has 2 aromatic heterocycles. The molecular formula is C21H22N4O. The fourth-order valence-electron chi connectivity index (χ4n) is 3.45. The van der Waals surface area contributed by atoms with Crippen molar-refractivity contribution in [1.82, 2.24) is 14.5 Å². The molecule has 1 amide bonds. The van der Waals surface area contributed by atoms with Crippen molar-refractivity contribution >= 4 is 11.6 Å². The molecule has 0 unspecified atom stereocenters. The minimum Gasteiger partial charge on any atom is -0.368 e. The third-order valence-electron chi connectivity index (χ3n) is 4.93. The molecule has 0 radical (unpaired) electrons. The number of rotatable bonds is 3. The van der Waals surface area contributed by atoms with Gasteiger partial charge in [0.2, 0.25) is 0 Å². The molecule has 0 atom stereocenters. The van der Waals surface area contributed by atoms with Crippen LogP contribution in [0.1, 0.15) is 10.5 Å². The van der Waals surface area contributed by atoms with Crippen LogP contribution in [0, 0.1) is 0 Å². The van der Waals surface area contributed by atoms with E-state index in [9.17, 15) is 4.79 Å². The summed E-state index contributed by atoms with van der Waals surface area (Å²) in [6.07, 6.45) is 5.54. The third kappa shape index (κ3) is 3.20. The van der Waals surface area contributed by atoms with E-state index >= 15 is 0 Å². The summed E-state index contributed by atoms with van der Waals surface area (Å²) in [5.41, 5.74) is 4.06. The number of carbonyl (C=O) groups excluding carboxylic acids is 1. The zero-order valence-corrected chi connectivity index (χ0v) is 14.9. The van der Waals surface area contributed by atoms with E-state index in [0.29, 0.717) is 0 Å². The molecule has 3 heterocycles. The molecule has 0 saturated carbocycles. The molecule has 132 valence electrons. The van der Waals surface area contributed by atoms with Gasteiger partial charge in [0.15, 0.2) is 0 Å². The van der Waals surface area contributed by atoms with Gasteiger partial charge in [0.05, 0.1) is 0 Å². The van der Waals surface area contributed by atoms with Gasteiger partial charge in [-0.3, -0.25) is 9.78 Å². The Balaban J connectivity index is 1.47. The van der Waals surface area contributed by atoms with Crippen LogP contribution in [0.2, 0.25) is 0 Å². The van der Waals surface area contributed by atoms with Crippen LogP contribution in [0.15, 0.2) is 67.1 Å². The fraction of sp³-hybridized carbons (Fsp3) is 0.238. The number of benzene rings is 1. The number of hydrogen-bond donors (Lipinski definition) is 0. The van der Waals surface area contributed by atoms with Crippen LogP contribution in [0.4, 0.5) is 5.69 Å². The molecule has 5 heteroatoms. The van der Waals surface area contributed by atoms with Crippen LogP contribution in [0.5, 0.6) is 0 Å². The first kappa shape index (κ1) is 16.4. The van der Waals surface area contributed by atoms with Crippen molar-refractivity contribution in [1.29, 1.82) is 0 Å². The van der Waals surface area contributed by atoms with Crippen LogP contribution in [-0.4, -0.2) is 46.5 Å².